The first-order chi connectivity index (χ1) is 9.31. The van der Waals surface area contributed by atoms with Crippen LogP contribution in [0.15, 0.2) is 18.2 Å². The second-order valence-corrected chi connectivity index (χ2v) is 5.64. The molecule has 3 heteroatoms. The fourth-order valence-electron chi connectivity index (χ4n) is 2.76. The van der Waals surface area contributed by atoms with Crippen molar-refractivity contribution in [1.29, 1.82) is 0 Å². The van der Waals surface area contributed by atoms with E-state index in [2.05, 4.69) is 17.4 Å². The molecule has 0 aliphatic heterocycles. The van der Waals surface area contributed by atoms with E-state index in [4.69, 9.17) is 9.47 Å². The molecule has 3 nitrogen and oxygen atoms in total. The van der Waals surface area contributed by atoms with Crippen LogP contribution in [0, 0.1) is 11.8 Å². The van der Waals surface area contributed by atoms with Gasteiger partial charge in [-0.1, -0.05) is 0 Å². The Balaban J connectivity index is 1.74. The summed E-state index contributed by atoms with van der Waals surface area (Å²) in [7, 11) is 1.68. The van der Waals surface area contributed by atoms with Crippen molar-refractivity contribution in [3.05, 3.63) is 18.2 Å². The van der Waals surface area contributed by atoms with Crippen molar-refractivity contribution in [2.24, 2.45) is 11.8 Å². The van der Waals surface area contributed by atoms with E-state index in [0.29, 0.717) is 12.6 Å². The predicted octanol–water partition coefficient (Wildman–Crippen LogP) is 3.69. The van der Waals surface area contributed by atoms with Gasteiger partial charge in [0.2, 0.25) is 0 Å². The summed E-state index contributed by atoms with van der Waals surface area (Å²) in [4.78, 5) is 0. The van der Waals surface area contributed by atoms with Gasteiger partial charge in [-0.3, -0.25) is 0 Å². The maximum atomic E-state index is 5.64. The predicted molar refractivity (Wildman–Crippen MR) is 77.0 cm³/mol. The Kier molecular flexibility index (Phi) is 3.54. The number of rotatable bonds is 7. The monoisotopic (exact) mass is 261 g/mol. The minimum absolute atomic E-state index is 0.661. The van der Waals surface area contributed by atoms with Crippen molar-refractivity contribution < 1.29 is 9.47 Å². The van der Waals surface area contributed by atoms with E-state index >= 15 is 0 Å². The van der Waals surface area contributed by atoms with Crippen molar-refractivity contribution >= 4 is 5.69 Å². The topological polar surface area (TPSA) is 30.5 Å². The highest BCUT2D eigenvalue weighted by Crippen LogP contribution is 2.46. The molecule has 0 unspecified atom stereocenters. The zero-order chi connectivity index (χ0) is 13.2. The Morgan fingerprint density at radius 1 is 1.16 bits per heavy atom. The van der Waals surface area contributed by atoms with Gasteiger partial charge in [0.25, 0.3) is 0 Å². The third-order valence-corrected chi connectivity index (χ3v) is 4.06. The highest BCUT2D eigenvalue weighted by Gasteiger charge is 2.41. The lowest BCUT2D eigenvalue weighted by atomic mass is 10.1. The number of nitrogens with one attached hydrogen (secondary N) is 1. The summed E-state index contributed by atoms with van der Waals surface area (Å²) in [6.45, 7) is 2.66. The Hall–Kier alpha value is -1.38. The van der Waals surface area contributed by atoms with Crippen LogP contribution in [0.3, 0.4) is 0 Å². The molecule has 2 aliphatic carbocycles. The van der Waals surface area contributed by atoms with Crippen LogP contribution in [0.4, 0.5) is 5.69 Å². The first-order valence-corrected chi connectivity index (χ1v) is 7.39. The highest BCUT2D eigenvalue weighted by atomic mass is 16.5. The lowest BCUT2D eigenvalue weighted by molar-refractivity contribution is 0.311. The molecule has 0 atom stereocenters. The summed E-state index contributed by atoms with van der Waals surface area (Å²) in [6.07, 6.45) is 5.57. The third-order valence-electron chi connectivity index (χ3n) is 4.06. The molecule has 0 radical (unpaired) electrons. The third kappa shape index (κ3) is 2.96. The lowest BCUT2D eigenvalue weighted by Crippen LogP contribution is -2.24. The van der Waals surface area contributed by atoms with Crippen LogP contribution in [-0.4, -0.2) is 19.8 Å². The fraction of sp³-hybridized carbons (Fsp3) is 0.625. The molecule has 1 aromatic rings. The molecule has 2 aliphatic rings. The summed E-state index contributed by atoms with van der Waals surface area (Å²) in [5.74, 6) is 3.43. The van der Waals surface area contributed by atoms with E-state index in [0.717, 1.165) is 29.0 Å². The molecule has 0 heterocycles. The number of methoxy groups -OCH3 is 1. The summed E-state index contributed by atoms with van der Waals surface area (Å²) >= 11 is 0. The van der Waals surface area contributed by atoms with Crippen LogP contribution in [-0.2, 0) is 0 Å². The van der Waals surface area contributed by atoms with E-state index in [-0.39, 0.29) is 0 Å². The number of anilines is 1. The summed E-state index contributed by atoms with van der Waals surface area (Å²) in [5.41, 5.74) is 1.16. The molecular weight excluding hydrogens is 238 g/mol. The smallest absolute Gasteiger partial charge is 0.163 e. The number of hydrogen-bond acceptors (Lipinski definition) is 3. The molecule has 1 aromatic carbocycles. The number of benzene rings is 1. The van der Waals surface area contributed by atoms with Gasteiger partial charge in [-0.15, -0.1) is 0 Å². The van der Waals surface area contributed by atoms with Gasteiger partial charge >= 0.3 is 0 Å². The normalized spacial score (nSPS) is 18.5. The summed E-state index contributed by atoms with van der Waals surface area (Å²) in [5, 5.41) is 3.72. The molecule has 2 fully saturated rings. The Morgan fingerprint density at radius 2 is 1.84 bits per heavy atom. The maximum absolute atomic E-state index is 5.64. The van der Waals surface area contributed by atoms with Gasteiger partial charge in [-0.25, -0.2) is 0 Å². The minimum atomic E-state index is 0.661. The molecule has 0 bridgehead atoms. The zero-order valence-corrected chi connectivity index (χ0v) is 11.8. The first kappa shape index (κ1) is 12.6. The van der Waals surface area contributed by atoms with Crippen molar-refractivity contribution in [2.75, 3.05) is 19.0 Å². The lowest BCUT2D eigenvalue weighted by Gasteiger charge is -2.20. The maximum Gasteiger partial charge on any atom is 0.163 e. The van der Waals surface area contributed by atoms with E-state index in [1.54, 1.807) is 7.11 Å². The molecule has 2 saturated carbocycles. The first-order valence-electron chi connectivity index (χ1n) is 7.39. The van der Waals surface area contributed by atoms with Gasteiger partial charge in [0, 0.05) is 17.8 Å². The van der Waals surface area contributed by atoms with Crippen LogP contribution >= 0.6 is 0 Å². The van der Waals surface area contributed by atoms with E-state index < -0.39 is 0 Å². The Morgan fingerprint density at radius 3 is 2.37 bits per heavy atom. The molecule has 1 N–H and O–H groups in total. The molecule has 0 amide bonds. The van der Waals surface area contributed by atoms with Crippen molar-refractivity contribution in [3.63, 3.8) is 0 Å². The van der Waals surface area contributed by atoms with E-state index in [1.807, 2.05) is 13.0 Å². The van der Waals surface area contributed by atoms with Crippen LogP contribution in [0.1, 0.15) is 32.6 Å². The average Bonchev–Trinajstić information content (AvgIpc) is 3.30. The van der Waals surface area contributed by atoms with Crippen molar-refractivity contribution in [1.82, 2.24) is 0 Å². The van der Waals surface area contributed by atoms with Crippen LogP contribution in [0.2, 0.25) is 0 Å². The summed E-state index contributed by atoms with van der Waals surface area (Å²) in [6, 6.07) is 6.83. The standard InChI is InChI=1S/C16H23NO2/c1-3-19-15-10-13(8-9-14(15)18-2)17-16(11-4-5-11)12-6-7-12/h8-12,16-17H,3-7H2,1-2H3. The van der Waals surface area contributed by atoms with E-state index in [9.17, 15) is 0 Å². The quantitative estimate of drug-likeness (QED) is 0.812. The van der Waals surface area contributed by atoms with Crippen LogP contribution in [0.5, 0.6) is 11.5 Å². The minimum Gasteiger partial charge on any atom is -0.493 e. The highest BCUT2D eigenvalue weighted by molar-refractivity contribution is 5.55. The van der Waals surface area contributed by atoms with Crippen LogP contribution in [0.25, 0.3) is 0 Å². The SMILES string of the molecule is CCOc1cc(NC(C2CC2)C2CC2)ccc1OC. The van der Waals surface area contributed by atoms with Gasteiger partial charge in [0.05, 0.1) is 13.7 Å². The van der Waals surface area contributed by atoms with E-state index in [1.165, 1.54) is 25.7 Å². The summed E-state index contributed by atoms with van der Waals surface area (Å²) < 4.78 is 11.0. The van der Waals surface area contributed by atoms with Crippen LogP contribution < -0.4 is 14.8 Å². The second-order valence-electron chi connectivity index (χ2n) is 5.64. The Labute approximate surface area is 115 Å². The Bertz CT molecular complexity index is 426. The van der Waals surface area contributed by atoms with Gasteiger partial charge in [0.1, 0.15) is 0 Å². The molecule has 19 heavy (non-hydrogen) atoms. The van der Waals surface area contributed by atoms with Gasteiger partial charge < -0.3 is 14.8 Å². The molecule has 3 rings (SSSR count). The van der Waals surface area contributed by atoms with Gasteiger partial charge in [-0.2, -0.15) is 0 Å². The van der Waals surface area contributed by atoms with Crippen molar-refractivity contribution in [2.45, 2.75) is 38.6 Å². The van der Waals surface area contributed by atoms with Crippen molar-refractivity contribution in [3.8, 4) is 11.5 Å². The number of ether oxygens (including phenoxy) is 2. The average molecular weight is 261 g/mol. The van der Waals surface area contributed by atoms with Gasteiger partial charge in [0.15, 0.2) is 11.5 Å². The fourth-order valence-corrected chi connectivity index (χ4v) is 2.76. The molecular formula is C16H23NO2. The molecule has 0 spiro atoms. The largest absolute Gasteiger partial charge is 0.493 e. The molecule has 0 aromatic heterocycles. The zero-order valence-electron chi connectivity index (χ0n) is 11.8. The molecule has 104 valence electrons. The second kappa shape index (κ2) is 5.32. The molecule has 0 saturated heterocycles. The number of hydrogen-bond donors (Lipinski definition) is 1. The van der Waals surface area contributed by atoms with Gasteiger partial charge in [-0.05, 0) is 56.6 Å².